The van der Waals surface area contributed by atoms with Gasteiger partial charge in [0.1, 0.15) is 12.6 Å². The maximum Gasteiger partial charge on any atom is 0.408 e. The number of aliphatic hydroxyl groups is 1. The van der Waals surface area contributed by atoms with Gasteiger partial charge in [0.2, 0.25) is 0 Å². The highest BCUT2D eigenvalue weighted by Crippen LogP contribution is 2.36. The van der Waals surface area contributed by atoms with Crippen LogP contribution in [0.2, 0.25) is 0 Å². The smallest absolute Gasteiger partial charge is 0.408 e. The molecule has 4 N–H and O–H groups in total. The summed E-state index contributed by atoms with van der Waals surface area (Å²) in [7, 11) is 0. The van der Waals surface area contributed by atoms with E-state index in [0.29, 0.717) is 23.5 Å². The molecule has 4 aromatic rings. The van der Waals surface area contributed by atoms with Crippen LogP contribution < -0.4 is 10.7 Å². The molecule has 10 nitrogen and oxygen atoms in total. The quantitative estimate of drug-likeness (QED) is 0.106. The summed E-state index contributed by atoms with van der Waals surface area (Å²) in [6.45, 7) is 3.38. The monoisotopic (exact) mass is 664 g/mol. The number of hydroxylamine groups is 2. The van der Waals surface area contributed by atoms with Crippen molar-refractivity contribution >= 4 is 17.9 Å². The molecule has 0 bridgehead atoms. The highest BCUT2D eigenvalue weighted by atomic mass is 16.5. The lowest BCUT2D eigenvalue weighted by Crippen LogP contribution is -2.61. The van der Waals surface area contributed by atoms with Crippen molar-refractivity contribution in [2.24, 2.45) is 5.92 Å². The van der Waals surface area contributed by atoms with Crippen molar-refractivity contribution in [3.05, 3.63) is 143 Å². The number of aryl methyl sites for hydroxylation is 1. The van der Waals surface area contributed by atoms with Crippen LogP contribution in [0.15, 0.2) is 115 Å². The van der Waals surface area contributed by atoms with Crippen LogP contribution in [0.4, 0.5) is 4.79 Å². The molecule has 0 fully saturated rings. The molecular weight excluding hydrogens is 620 g/mol. The van der Waals surface area contributed by atoms with Crippen LogP contribution >= 0.6 is 0 Å². The second kappa shape index (κ2) is 16.4. The zero-order chi connectivity index (χ0) is 34.8. The normalized spacial score (nSPS) is 15.6. The van der Waals surface area contributed by atoms with Crippen molar-refractivity contribution in [2.75, 3.05) is 6.54 Å². The van der Waals surface area contributed by atoms with E-state index in [4.69, 9.17) is 4.74 Å². The van der Waals surface area contributed by atoms with E-state index in [1.165, 1.54) is 5.01 Å². The van der Waals surface area contributed by atoms with E-state index in [1.54, 1.807) is 26.0 Å². The van der Waals surface area contributed by atoms with Gasteiger partial charge in [0, 0.05) is 13.0 Å². The molecule has 0 aliphatic heterocycles. The van der Waals surface area contributed by atoms with Gasteiger partial charge in [-0.1, -0.05) is 129 Å². The standard InChI is InChI=1S/C39H44N4O6/c1-28(2)35(40-38(46)49-26-31-18-10-5-11-19-31)36(44)41-42(25-30-16-8-4-9-17-30)27-39(47,24-29-14-6-3-7-15-29)37(45)43(48)34-23-22-32-20-12-13-21-33(32)34/h3-21,28,34-35,47-48H,22-27H2,1-2H3,(H,40,46)(H,41,44)/t34?,35-,39+/m0/s1. The van der Waals surface area contributed by atoms with Crippen molar-refractivity contribution in [1.82, 2.24) is 20.8 Å². The predicted molar refractivity (Wildman–Crippen MR) is 185 cm³/mol. The van der Waals surface area contributed by atoms with E-state index < -0.39 is 35.6 Å². The third-order valence-electron chi connectivity index (χ3n) is 8.71. The Morgan fingerprint density at radius 2 is 1.41 bits per heavy atom. The highest BCUT2D eigenvalue weighted by Gasteiger charge is 2.45. The lowest BCUT2D eigenvalue weighted by atomic mass is 9.92. The molecule has 256 valence electrons. The van der Waals surface area contributed by atoms with Gasteiger partial charge in [-0.25, -0.2) is 14.9 Å². The molecule has 0 aromatic heterocycles. The van der Waals surface area contributed by atoms with Crippen molar-refractivity contribution in [3.63, 3.8) is 0 Å². The summed E-state index contributed by atoms with van der Waals surface area (Å²) in [6.07, 6.45) is 0.318. The Labute approximate surface area is 287 Å². The molecular formula is C39H44N4O6. The number of alkyl carbamates (subject to hydrolysis) is 1. The minimum atomic E-state index is -2.16. The van der Waals surface area contributed by atoms with Gasteiger partial charge in [-0.05, 0) is 46.6 Å². The van der Waals surface area contributed by atoms with Gasteiger partial charge >= 0.3 is 6.09 Å². The van der Waals surface area contributed by atoms with Gasteiger partial charge < -0.3 is 15.2 Å². The van der Waals surface area contributed by atoms with Gasteiger partial charge in [-0.15, -0.1) is 0 Å². The van der Waals surface area contributed by atoms with Crippen LogP contribution in [0, 0.1) is 5.92 Å². The molecule has 0 saturated carbocycles. The minimum Gasteiger partial charge on any atom is -0.445 e. The third-order valence-corrected chi connectivity index (χ3v) is 8.71. The Bertz CT molecular complexity index is 1690. The molecule has 1 unspecified atom stereocenters. The number of ether oxygens (including phenoxy) is 1. The average Bonchev–Trinajstić information content (AvgIpc) is 3.54. The number of rotatable bonds is 14. The lowest BCUT2D eigenvalue weighted by molar-refractivity contribution is -0.199. The number of hydrazine groups is 1. The van der Waals surface area contributed by atoms with Crippen molar-refractivity contribution < 1.29 is 29.4 Å². The highest BCUT2D eigenvalue weighted by molar-refractivity contribution is 5.87. The van der Waals surface area contributed by atoms with Crippen LogP contribution in [0.5, 0.6) is 0 Å². The molecule has 0 radical (unpaired) electrons. The number of carbonyl (C=O) groups excluding carboxylic acids is 3. The molecule has 3 atom stereocenters. The number of hydrogen-bond donors (Lipinski definition) is 4. The Kier molecular flexibility index (Phi) is 11.8. The van der Waals surface area contributed by atoms with E-state index in [1.807, 2.05) is 103 Å². The first-order chi connectivity index (χ1) is 23.6. The van der Waals surface area contributed by atoms with E-state index in [0.717, 1.165) is 22.3 Å². The zero-order valence-electron chi connectivity index (χ0n) is 27.9. The van der Waals surface area contributed by atoms with E-state index >= 15 is 0 Å². The molecule has 49 heavy (non-hydrogen) atoms. The number of amides is 3. The molecule has 0 saturated heterocycles. The van der Waals surface area contributed by atoms with Gasteiger partial charge in [0.05, 0.1) is 12.6 Å². The number of nitrogens with one attached hydrogen (secondary N) is 2. The zero-order valence-corrected chi connectivity index (χ0v) is 27.9. The Hall–Kier alpha value is -5.03. The first-order valence-electron chi connectivity index (χ1n) is 16.6. The average molecular weight is 665 g/mol. The second-order valence-electron chi connectivity index (χ2n) is 12.8. The topological polar surface area (TPSA) is 131 Å². The third kappa shape index (κ3) is 9.32. The number of benzene rings is 4. The van der Waals surface area contributed by atoms with Crippen molar-refractivity contribution in [3.8, 4) is 0 Å². The van der Waals surface area contributed by atoms with Gasteiger partial charge in [-0.3, -0.25) is 20.2 Å². The molecule has 0 heterocycles. The van der Waals surface area contributed by atoms with E-state index in [9.17, 15) is 24.7 Å². The molecule has 4 aromatic carbocycles. The fraction of sp³-hybridized carbons (Fsp3) is 0.308. The number of fused-ring (bicyclic) bond motifs is 1. The summed E-state index contributed by atoms with van der Waals surface area (Å²) in [5, 5.41) is 28.5. The van der Waals surface area contributed by atoms with Crippen LogP contribution in [-0.4, -0.2) is 56.5 Å². The number of hydrogen-bond acceptors (Lipinski definition) is 7. The van der Waals surface area contributed by atoms with Gasteiger partial charge in [0.15, 0.2) is 5.60 Å². The fourth-order valence-electron chi connectivity index (χ4n) is 6.18. The first-order valence-corrected chi connectivity index (χ1v) is 16.6. The second-order valence-corrected chi connectivity index (χ2v) is 12.8. The Morgan fingerprint density at radius 1 is 0.837 bits per heavy atom. The maximum atomic E-state index is 14.2. The van der Waals surface area contributed by atoms with Crippen LogP contribution in [0.1, 0.15) is 54.1 Å². The summed E-state index contributed by atoms with van der Waals surface area (Å²) in [6, 6.07) is 33.6. The molecule has 1 aliphatic rings. The largest absolute Gasteiger partial charge is 0.445 e. The number of carbonyl (C=O) groups is 3. The molecule has 5 rings (SSSR count). The summed E-state index contributed by atoms with van der Waals surface area (Å²) in [5.41, 5.74) is 4.85. The van der Waals surface area contributed by atoms with E-state index in [-0.39, 0.29) is 32.0 Å². The minimum absolute atomic E-state index is 0.0387. The number of nitrogens with zero attached hydrogens (tertiary/aromatic N) is 2. The molecule has 1 aliphatic carbocycles. The maximum absolute atomic E-state index is 14.2. The fourth-order valence-corrected chi connectivity index (χ4v) is 6.18. The lowest BCUT2D eigenvalue weighted by Gasteiger charge is -2.37. The summed E-state index contributed by atoms with van der Waals surface area (Å²) >= 11 is 0. The summed E-state index contributed by atoms with van der Waals surface area (Å²) in [4.78, 5) is 40.8. The SMILES string of the molecule is CC(C)[C@H](NC(=O)OCc1ccccc1)C(=O)NN(Cc1ccccc1)C[C@](O)(Cc1ccccc1)C(=O)N(O)C1CCc2ccccc21. The van der Waals surface area contributed by atoms with Crippen molar-refractivity contribution in [2.45, 2.75) is 63.9 Å². The Morgan fingerprint density at radius 3 is 2.04 bits per heavy atom. The van der Waals surface area contributed by atoms with Crippen molar-refractivity contribution in [1.29, 1.82) is 0 Å². The van der Waals surface area contributed by atoms with Crippen LogP contribution in [0.25, 0.3) is 0 Å². The van der Waals surface area contributed by atoms with Crippen LogP contribution in [0.3, 0.4) is 0 Å². The first kappa shape index (κ1) is 35.3. The summed E-state index contributed by atoms with van der Waals surface area (Å²) in [5.74, 6) is -1.76. The summed E-state index contributed by atoms with van der Waals surface area (Å²) < 4.78 is 5.38. The predicted octanol–water partition coefficient (Wildman–Crippen LogP) is 5.35. The molecule has 10 heteroatoms. The van der Waals surface area contributed by atoms with Crippen LogP contribution in [-0.2, 0) is 40.3 Å². The van der Waals surface area contributed by atoms with E-state index in [2.05, 4.69) is 10.7 Å². The molecule has 0 spiro atoms. The Balaban J connectivity index is 1.39. The molecule has 3 amide bonds. The van der Waals surface area contributed by atoms with Gasteiger partial charge in [0.25, 0.3) is 11.8 Å². The van der Waals surface area contributed by atoms with Gasteiger partial charge in [-0.2, -0.15) is 0 Å².